The molecule has 0 saturated heterocycles. The number of benzene rings is 4. The second-order valence-electron chi connectivity index (χ2n) is 14.9. The molecule has 278 valence electrons. The van der Waals surface area contributed by atoms with E-state index in [-0.39, 0.29) is 51.9 Å². The summed E-state index contributed by atoms with van der Waals surface area (Å²) in [6, 6.07) is 25.2. The summed E-state index contributed by atoms with van der Waals surface area (Å²) >= 11 is 0. The standard InChI is InChI=1S/C43H48N2O6S2.Na/c1-42(2)36-26-24-33-19-11-13-21-35(33)41(36)45(29-15-17-31-53(49,50)51)38(42)22-8-6-5-7-9-23-39-43(3,4)40-34-20-12-10-18-32(34)25-27-37(40)44(39)28-14-16-30-52(46,47)48;/h5-13,18-27H,14-17,28-31H2,1-4H3,(H-,46,47,48,49,50,51);/q;+1/p-1. The molecule has 0 saturated carbocycles. The van der Waals surface area contributed by atoms with Crippen LogP contribution in [0, 0.1) is 0 Å². The minimum absolute atomic E-state index is 0. The Kier molecular flexibility index (Phi) is 13.0. The van der Waals surface area contributed by atoms with Gasteiger partial charge in [0.1, 0.15) is 6.54 Å². The predicted molar refractivity (Wildman–Crippen MR) is 214 cm³/mol. The minimum Gasteiger partial charge on any atom is -0.748 e. The van der Waals surface area contributed by atoms with Gasteiger partial charge in [0, 0.05) is 52.9 Å². The Morgan fingerprint density at radius 3 is 1.93 bits per heavy atom. The fraction of sp³-hybridized carbons (Fsp3) is 0.326. The smallest absolute Gasteiger partial charge is 0.748 e. The zero-order valence-corrected chi connectivity index (χ0v) is 35.4. The molecule has 2 heterocycles. The molecule has 0 aliphatic carbocycles. The van der Waals surface area contributed by atoms with Gasteiger partial charge in [0.2, 0.25) is 5.69 Å². The zero-order chi connectivity index (χ0) is 38.0. The number of allylic oxidation sites excluding steroid dienone is 8. The number of anilines is 1. The van der Waals surface area contributed by atoms with Crippen LogP contribution in [0.25, 0.3) is 21.5 Å². The molecule has 0 fully saturated rings. The summed E-state index contributed by atoms with van der Waals surface area (Å²) in [7, 11) is -8.53. The molecule has 11 heteroatoms. The van der Waals surface area contributed by atoms with Gasteiger partial charge in [-0.25, -0.2) is 16.8 Å². The number of hydrogen-bond acceptors (Lipinski definition) is 7. The van der Waals surface area contributed by atoms with Crippen molar-refractivity contribution < 1.29 is 60.1 Å². The summed E-state index contributed by atoms with van der Waals surface area (Å²) < 4.78 is 69.9. The third-order valence-electron chi connectivity index (χ3n) is 10.5. The summed E-state index contributed by atoms with van der Waals surface area (Å²) in [5, 5.41) is 4.62. The van der Waals surface area contributed by atoms with Crippen LogP contribution in [0.1, 0.15) is 64.5 Å². The molecule has 0 aromatic heterocycles. The average Bonchev–Trinajstić information content (AvgIpc) is 3.45. The number of nitrogens with zero attached hydrogens (tertiary/aromatic N) is 2. The molecule has 0 amide bonds. The van der Waals surface area contributed by atoms with Crippen LogP contribution in [0.3, 0.4) is 0 Å². The maximum atomic E-state index is 11.3. The van der Waals surface area contributed by atoms with Gasteiger partial charge >= 0.3 is 29.6 Å². The molecular weight excluding hydrogens is 728 g/mol. The van der Waals surface area contributed by atoms with Gasteiger partial charge in [-0.05, 0) is 73.0 Å². The van der Waals surface area contributed by atoms with Gasteiger partial charge in [-0.15, -0.1) is 0 Å². The van der Waals surface area contributed by atoms with Crippen molar-refractivity contribution in [3.63, 3.8) is 0 Å². The predicted octanol–water partition coefficient (Wildman–Crippen LogP) is 5.37. The van der Waals surface area contributed by atoms with E-state index in [1.54, 1.807) is 0 Å². The summed E-state index contributed by atoms with van der Waals surface area (Å²) in [5.41, 5.74) is 6.24. The van der Waals surface area contributed by atoms with Gasteiger partial charge in [-0.3, -0.25) is 0 Å². The first-order chi connectivity index (χ1) is 25.1. The van der Waals surface area contributed by atoms with Crippen molar-refractivity contribution in [2.24, 2.45) is 0 Å². The first-order valence-corrected chi connectivity index (χ1v) is 21.3. The minimum atomic E-state index is -4.27. The van der Waals surface area contributed by atoms with Crippen LogP contribution in [-0.4, -0.2) is 60.8 Å². The van der Waals surface area contributed by atoms with E-state index in [1.165, 1.54) is 16.5 Å². The molecule has 0 unspecified atom stereocenters. The van der Waals surface area contributed by atoms with Crippen LogP contribution < -0.4 is 34.5 Å². The second kappa shape index (κ2) is 16.8. The van der Waals surface area contributed by atoms with Gasteiger partial charge in [-0.1, -0.05) is 105 Å². The second-order valence-corrected chi connectivity index (χ2v) is 18.0. The molecule has 2 aliphatic rings. The number of hydrogen-bond donors (Lipinski definition) is 0. The van der Waals surface area contributed by atoms with Gasteiger partial charge in [0.05, 0.1) is 31.0 Å². The molecule has 54 heavy (non-hydrogen) atoms. The summed E-state index contributed by atoms with van der Waals surface area (Å²) in [4.78, 5) is 2.26. The normalized spacial score (nSPS) is 17.4. The van der Waals surface area contributed by atoms with E-state index in [1.807, 2.05) is 48.6 Å². The van der Waals surface area contributed by atoms with Crippen LogP contribution in [0.5, 0.6) is 0 Å². The largest absolute Gasteiger partial charge is 1.00 e. The Bertz CT molecular complexity index is 2430. The average molecular weight is 775 g/mol. The summed E-state index contributed by atoms with van der Waals surface area (Å²) in [6.45, 7) is 10.0. The van der Waals surface area contributed by atoms with Crippen molar-refractivity contribution in [3.05, 3.63) is 132 Å². The molecule has 0 atom stereocenters. The van der Waals surface area contributed by atoms with E-state index in [4.69, 9.17) is 0 Å². The van der Waals surface area contributed by atoms with Crippen molar-refractivity contribution >= 4 is 58.9 Å². The van der Waals surface area contributed by atoms with E-state index in [0.29, 0.717) is 38.8 Å². The third-order valence-corrected chi connectivity index (χ3v) is 12.1. The Labute approximate surface area is 342 Å². The number of unbranched alkanes of at least 4 members (excludes halogenated alkanes) is 2. The van der Waals surface area contributed by atoms with Crippen LogP contribution >= 0.6 is 0 Å². The first-order valence-electron chi connectivity index (χ1n) is 18.2. The Hall–Kier alpha value is -3.35. The van der Waals surface area contributed by atoms with Crippen molar-refractivity contribution in [1.29, 1.82) is 0 Å². The molecule has 0 N–H and O–H groups in total. The van der Waals surface area contributed by atoms with Gasteiger partial charge < -0.3 is 14.0 Å². The molecule has 8 nitrogen and oxygen atoms in total. The van der Waals surface area contributed by atoms with E-state index in [0.717, 1.165) is 38.9 Å². The maximum absolute atomic E-state index is 11.3. The molecule has 0 bridgehead atoms. The fourth-order valence-electron chi connectivity index (χ4n) is 8.04. The molecule has 4 aromatic carbocycles. The number of rotatable bonds is 14. The van der Waals surface area contributed by atoms with Gasteiger partial charge in [-0.2, -0.15) is 4.58 Å². The van der Waals surface area contributed by atoms with Gasteiger partial charge in [0.25, 0.3) is 0 Å². The molecule has 0 radical (unpaired) electrons. The Morgan fingerprint density at radius 2 is 1.24 bits per heavy atom. The Balaban J connectivity index is 0.00000561. The van der Waals surface area contributed by atoms with Crippen LogP contribution in [0.2, 0.25) is 0 Å². The molecule has 6 rings (SSSR count). The first kappa shape index (κ1) is 41.8. The SMILES string of the molecule is CC1(C)C(/C=C/C=C/C=C/C=C2\N(CCCCS(=O)(=O)[O-])c3ccc4ccccc4c3C2(C)C)=[N+](CCCCS(=O)(=O)[O-])c2c1ccc1ccccc21.[Na+]. The van der Waals surface area contributed by atoms with Crippen molar-refractivity contribution in [1.82, 2.24) is 0 Å². The van der Waals surface area contributed by atoms with Gasteiger partial charge in [0.15, 0.2) is 5.71 Å². The topological polar surface area (TPSA) is 121 Å². The Morgan fingerprint density at radius 1 is 0.667 bits per heavy atom. The monoisotopic (exact) mass is 774 g/mol. The third kappa shape index (κ3) is 9.02. The molecule has 0 spiro atoms. The molecule has 4 aromatic rings. The molecular formula is C43H47N2NaO6S2. The van der Waals surface area contributed by atoms with Crippen molar-refractivity contribution in [3.8, 4) is 0 Å². The van der Waals surface area contributed by atoms with E-state index in [2.05, 4.69) is 104 Å². The van der Waals surface area contributed by atoms with Crippen molar-refractivity contribution in [2.45, 2.75) is 64.2 Å². The van der Waals surface area contributed by atoms with E-state index in [9.17, 15) is 25.9 Å². The van der Waals surface area contributed by atoms with Crippen molar-refractivity contribution in [2.75, 3.05) is 29.5 Å². The summed E-state index contributed by atoms with van der Waals surface area (Å²) in [6.07, 6.45) is 16.0. The quantitative estimate of drug-likeness (QED) is 0.0556. The summed E-state index contributed by atoms with van der Waals surface area (Å²) in [5.74, 6) is -0.735. The van der Waals surface area contributed by atoms with E-state index >= 15 is 0 Å². The fourth-order valence-corrected chi connectivity index (χ4v) is 9.15. The zero-order valence-electron chi connectivity index (χ0n) is 31.8. The van der Waals surface area contributed by atoms with Crippen LogP contribution in [-0.2, 0) is 31.1 Å². The molecule has 2 aliphatic heterocycles. The van der Waals surface area contributed by atoms with E-state index < -0.39 is 20.2 Å². The number of fused-ring (bicyclic) bond motifs is 6. The van der Waals surface area contributed by atoms with Crippen LogP contribution in [0.4, 0.5) is 11.4 Å². The van der Waals surface area contributed by atoms with Crippen LogP contribution in [0.15, 0.2) is 121 Å². The maximum Gasteiger partial charge on any atom is 1.00 e.